The molecule has 0 spiro atoms. The van der Waals surface area contributed by atoms with Crippen LogP contribution in [0.5, 0.6) is 0 Å². The van der Waals surface area contributed by atoms with Gasteiger partial charge in [0.15, 0.2) is 0 Å². The van der Waals surface area contributed by atoms with Gasteiger partial charge >= 0.3 is 0 Å². The highest BCUT2D eigenvalue weighted by Gasteiger charge is 2.19. The Labute approximate surface area is 115 Å². The summed E-state index contributed by atoms with van der Waals surface area (Å²) in [4.78, 5) is 16.1. The minimum Gasteiger partial charge on any atom is -0.347 e. The van der Waals surface area contributed by atoms with Crippen LogP contribution in [0.2, 0.25) is 5.02 Å². The molecule has 0 bridgehead atoms. The Morgan fingerprint density at radius 1 is 1.56 bits per heavy atom. The number of hydrogen-bond acceptors (Lipinski definition) is 5. The summed E-state index contributed by atoms with van der Waals surface area (Å²) in [7, 11) is 0. The SMILES string of the molecule is NNc1ccc(Cl)c(C(=O)NC2CCCSC2)n1. The van der Waals surface area contributed by atoms with Crippen LogP contribution in [0.15, 0.2) is 12.1 Å². The van der Waals surface area contributed by atoms with Gasteiger partial charge in [0, 0.05) is 11.8 Å². The van der Waals surface area contributed by atoms with Gasteiger partial charge in [-0.25, -0.2) is 10.8 Å². The number of anilines is 1. The second-order valence-electron chi connectivity index (χ2n) is 4.06. The van der Waals surface area contributed by atoms with Gasteiger partial charge in [-0.05, 0) is 30.7 Å². The van der Waals surface area contributed by atoms with E-state index >= 15 is 0 Å². The lowest BCUT2D eigenvalue weighted by Crippen LogP contribution is -2.38. The molecule has 2 rings (SSSR count). The van der Waals surface area contributed by atoms with Gasteiger partial charge in [0.2, 0.25) is 0 Å². The summed E-state index contributed by atoms with van der Waals surface area (Å²) in [5, 5.41) is 3.28. The fourth-order valence-corrected chi connectivity index (χ4v) is 3.05. The van der Waals surface area contributed by atoms with Crippen LogP contribution in [-0.4, -0.2) is 28.4 Å². The number of halogens is 1. The first-order valence-electron chi connectivity index (χ1n) is 5.72. The Morgan fingerprint density at radius 3 is 3.06 bits per heavy atom. The van der Waals surface area contributed by atoms with E-state index in [4.69, 9.17) is 17.4 Å². The predicted octanol–water partition coefficient (Wildman–Crippen LogP) is 1.65. The zero-order valence-corrected chi connectivity index (χ0v) is 11.4. The van der Waals surface area contributed by atoms with Gasteiger partial charge in [-0.1, -0.05) is 11.6 Å². The van der Waals surface area contributed by atoms with Crippen LogP contribution < -0.4 is 16.6 Å². The molecule has 1 aromatic rings. The molecular formula is C11H15ClN4OS. The summed E-state index contributed by atoms with van der Waals surface area (Å²) in [6.45, 7) is 0. The van der Waals surface area contributed by atoms with E-state index in [9.17, 15) is 4.79 Å². The Hall–Kier alpha value is -0.980. The smallest absolute Gasteiger partial charge is 0.271 e. The first kappa shape index (κ1) is 13.5. The van der Waals surface area contributed by atoms with Gasteiger partial charge in [0.1, 0.15) is 11.5 Å². The van der Waals surface area contributed by atoms with Crippen molar-refractivity contribution in [3.05, 3.63) is 22.8 Å². The third-order valence-electron chi connectivity index (χ3n) is 2.70. The van der Waals surface area contributed by atoms with E-state index in [2.05, 4.69) is 15.7 Å². The number of nitrogen functional groups attached to an aromatic ring is 1. The highest BCUT2D eigenvalue weighted by molar-refractivity contribution is 7.99. The second-order valence-corrected chi connectivity index (χ2v) is 5.62. The number of carbonyl (C=O) groups excluding carboxylic acids is 1. The molecule has 0 saturated carbocycles. The van der Waals surface area contributed by atoms with Crippen molar-refractivity contribution < 1.29 is 4.79 Å². The van der Waals surface area contributed by atoms with E-state index < -0.39 is 0 Å². The van der Waals surface area contributed by atoms with Gasteiger partial charge in [-0.2, -0.15) is 11.8 Å². The van der Waals surface area contributed by atoms with E-state index in [1.54, 1.807) is 12.1 Å². The molecule has 98 valence electrons. The molecule has 5 nitrogen and oxygen atoms in total. The fourth-order valence-electron chi connectivity index (χ4n) is 1.79. The summed E-state index contributed by atoms with van der Waals surface area (Å²) in [6.07, 6.45) is 2.13. The van der Waals surface area contributed by atoms with Crippen LogP contribution >= 0.6 is 23.4 Å². The largest absolute Gasteiger partial charge is 0.347 e. The van der Waals surface area contributed by atoms with Gasteiger partial charge in [-0.3, -0.25) is 4.79 Å². The molecule has 0 aliphatic carbocycles. The first-order chi connectivity index (χ1) is 8.70. The molecule has 1 aliphatic rings. The molecule has 1 aromatic heterocycles. The second kappa shape index (κ2) is 6.26. The number of pyridine rings is 1. The minimum atomic E-state index is -0.246. The number of rotatable bonds is 3. The van der Waals surface area contributed by atoms with Crippen molar-refractivity contribution in [2.75, 3.05) is 16.9 Å². The highest BCUT2D eigenvalue weighted by atomic mass is 35.5. The molecule has 1 unspecified atom stereocenters. The number of carbonyl (C=O) groups is 1. The molecule has 0 aromatic carbocycles. The zero-order valence-electron chi connectivity index (χ0n) is 9.78. The molecule has 1 amide bonds. The fraction of sp³-hybridized carbons (Fsp3) is 0.455. The summed E-state index contributed by atoms with van der Waals surface area (Å²) in [5.41, 5.74) is 2.61. The summed E-state index contributed by atoms with van der Waals surface area (Å²) in [5.74, 6) is 7.54. The van der Waals surface area contributed by atoms with E-state index in [0.717, 1.165) is 24.3 Å². The lowest BCUT2D eigenvalue weighted by Gasteiger charge is -2.22. The lowest BCUT2D eigenvalue weighted by atomic mass is 10.2. The average molecular weight is 287 g/mol. The third kappa shape index (κ3) is 3.28. The maximum Gasteiger partial charge on any atom is 0.271 e. The topological polar surface area (TPSA) is 80.0 Å². The number of hydrogen-bond donors (Lipinski definition) is 3. The van der Waals surface area contributed by atoms with E-state index in [1.165, 1.54) is 0 Å². The van der Waals surface area contributed by atoms with Crippen molar-refractivity contribution in [2.24, 2.45) is 5.84 Å². The van der Waals surface area contributed by atoms with Crippen molar-refractivity contribution in [3.63, 3.8) is 0 Å². The quantitative estimate of drug-likeness (QED) is 0.581. The molecule has 2 heterocycles. The molecule has 1 aliphatic heterocycles. The summed E-state index contributed by atoms with van der Waals surface area (Å²) >= 11 is 7.82. The maximum absolute atomic E-state index is 12.1. The molecule has 1 atom stereocenters. The van der Waals surface area contributed by atoms with Crippen molar-refractivity contribution in [1.29, 1.82) is 0 Å². The lowest BCUT2D eigenvalue weighted by molar-refractivity contribution is 0.0934. The zero-order chi connectivity index (χ0) is 13.0. The van der Waals surface area contributed by atoms with Crippen molar-refractivity contribution in [3.8, 4) is 0 Å². The third-order valence-corrected chi connectivity index (χ3v) is 4.22. The maximum atomic E-state index is 12.1. The van der Waals surface area contributed by atoms with Crippen LogP contribution in [0.4, 0.5) is 5.82 Å². The normalized spacial score (nSPS) is 19.3. The van der Waals surface area contributed by atoms with Crippen LogP contribution in [0, 0.1) is 0 Å². The summed E-state index contributed by atoms with van der Waals surface area (Å²) < 4.78 is 0. The number of aromatic nitrogens is 1. The number of nitrogens with one attached hydrogen (secondary N) is 2. The molecule has 18 heavy (non-hydrogen) atoms. The number of amides is 1. The monoisotopic (exact) mass is 286 g/mol. The van der Waals surface area contributed by atoms with E-state index in [-0.39, 0.29) is 17.6 Å². The minimum absolute atomic E-state index is 0.198. The number of nitrogens with zero attached hydrogens (tertiary/aromatic N) is 1. The van der Waals surface area contributed by atoms with Gasteiger partial charge in [-0.15, -0.1) is 0 Å². The Bertz CT molecular complexity index is 437. The van der Waals surface area contributed by atoms with Crippen LogP contribution in [-0.2, 0) is 0 Å². The predicted molar refractivity (Wildman–Crippen MR) is 74.9 cm³/mol. The Kier molecular flexibility index (Phi) is 4.68. The molecule has 1 saturated heterocycles. The molecule has 0 radical (unpaired) electrons. The van der Waals surface area contributed by atoms with Crippen molar-refractivity contribution in [1.82, 2.24) is 10.3 Å². The van der Waals surface area contributed by atoms with E-state index in [0.29, 0.717) is 10.8 Å². The molecular weight excluding hydrogens is 272 g/mol. The average Bonchev–Trinajstić information content (AvgIpc) is 2.40. The Morgan fingerprint density at radius 2 is 2.39 bits per heavy atom. The molecule has 7 heteroatoms. The van der Waals surface area contributed by atoms with Crippen LogP contribution in [0.1, 0.15) is 23.3 Å². The van der Waals surface area contributed by atoms with E-state index in [1.807, 2.05) is 11.8 Å². The van der Waals surface area contributed by atoms with Crippen molar-refractivity contribution in [2.45, 2.75) is 18.9 Å². The van der Waals surface area contributed by atoms with Gasteiger partial charge < -0.3 is 10.7 Å². The summed E-state index contributed by atoms with van der Waals surface area (Å²) in [6, 6.07) is 3.42. The van der Waals surface area contributed by atoms with Gasteiger partial charge in [0.25, 0.3) is 5.91 Å². The first-order valence-corrected chi connectivity index (χ1v) is 7.25. The van der Waals surface area contributed by atoms with Crippen LogP contribution in [0.25, 0.3) is 0 Å². The van der Waals surface area contributed by atoms with Crippen LogP contribution in [0.3, 0.4) is 0 Å². The van der Waals surface area contributed by atoms with Gasteiger partial charge in [0.05, 0.1) is 5.02 Å². The number of thioether (sulfide) groups is 1. The molecule has 4 N–H and O–H groups in total. The standard InChI is InChI=1S/C11H15ClN4OS/c12-8-3-4-9(16-13)15-10(8)11(17)14-7-2-1-5-18-6-7/h3-4,7H,1-2,5-6,13H2,(H,14,17)(H,15,16). The number of nitrogens with two attached hydrogens (primary N) is 1. The highest BCUT2D eigenvalue weighted by Crippen LogP contribution is 2.19. The van der Waals surface area contributed by atoms with Crippen molar-refractivity contribution >= 4 is 35.1 Å². The Balaban J connectivity index is 2.07. The molecule has 1 fully saturated rings. The number of hydrazine groups is 1.